The molecule has 0 radical (unpaired) electrons. The SMILES string of the molecule is Cn1cc(C(NCC2CCCO2)C(=O)O)c(C(C)(C)C)n1. The number of nitrogens with zero attached hydrogens (tertiary/aromatic N) is 2. The van der Waals surface area contributed by atoms with Gasteiger partial charge in [-0.25, -0.2) is 0 Å². The molecular formula is C15H25N3O3. The lowest BCUT2D eigenvalue weighted by Gasteiger charge is -2.22. The zero-order chi connectivity index (χ0) is 15.6. The van der Waals surface area contributed by atoms with E-state index in [1.807, 2.05) is 27.8 Å². The van der Waals surface area contributed by atoms with Crippen molar-refractivity contribution < 1.29 is 14.6 Å². The number of aryl methyl sites for hydroxylation is 1. The van der Waals surface area contributed by atoms with Crippen molar-refractivity contribution in [1.82, 2.24) is 15.1 Å². The number of ether oxygens (including phenoxy) is 1. The maximum atomic E-state index is 11.7. The van der Waals surface area contributed by atoms with Crippen LogP contribution in [0.15, 0.2) is 6.20 Å². The molecule has 2 rings (SSSR count). The molecule has 1 aromatic heterocycles. The second-order valence-electron chi connectivity index (χ2n) is 6.67. The Kier molecular flexibility index (Phi) is 4.68. The van der Waals surface area contributed by atoms with Crippen LogP contribution in [0.2, 0.25) is 0 Å². The third-order valence-corrected chi connectivity index (χ3v) is 3.70. The van der Waals surface area contributed by atoms with Gasteiger partial charge in [-0.2, -0.15) is 5.10 Å². The Bertz CT molecular complexity index is 499. The van der Waals surface area contributed by atoms with Gasteiger partial charge in [-0.3, -0.25) is 14.8 Å². The highest BCUT2D eigenvalue weighted by Crippen LogP contribution is 2.28. The summed E-state index contributed by atoms with van der Waals surface area (Å²) < 4.78 is 7.23. The van der Waals surface area contributed by atoms with Crippen molar-refractivity contribution in [3.63, 3.8) is 0 Å². The van der Waals surface area contributed by atoms with E-state index in [2.05, 4.69) is 10.4 Å². The summed E-state index contributed by atoms with van der Waals surface area (Å²) in [5.41, 5.74) is 1.35. The summed E-state index contributed by atoms with van der Waals surface area (Å²) >= 11 is 0. The molecule has 1 aliphatic heterocycles. The average Bonchev–Trinajstić information content (AvgIpc) is 2.98. The lowest BCUT2D eigenvalue weighted by molar-refractivity contribution is -0.139. The van der Waals surface area contributed by atoms with E-state index in [4.69, 9.17) is 4.74 Å². The van der Waals surface area contributed by atoms with Crippen LogP contribution in [0.1, 0.15) is 50.9 Å². The normalized spacial score (nSPS) is 20.7. The van der Waals surface area contributed by atoms with Crippen LogP contribution >= 0.6 is 0 Å². The minimum atomic E-state index is -0.883. The smallest absolute Gasteiger partial charge is 0.325 e. The van der Waals surface area contributed by atoms with E-state index in [9.17, 15) is 9.90 Å². The highest BCUT2D eigenvalue weighted by Gasteiger charge is 2.31. The number of aliphatic carboxylic acids is 1. The van der Waals surface area contributed by atoms with Gasteiger partial charge in [-0.1, -0.05) is 20.8 Å². The molecule has 1 saturated heterocycles. The van der Waals surface area contributed by atoms with E-state index < -0.39 is 12.0 Å². The van der Waals surface area contributed by atoms with Crippen LogP contribution in [0.5, 0.6) is 0 Å². The minimum absolute atomic E-state index is 0.113. The molecule has 0 amide bonds. The fourth-order valence-electron chi connectivity index (χ4n) is 2.69. The second kappa shape index (κ2) is 6.15. The summed E-state index contributed by atoms with van der Waals surface area (Å²) in [5.74, 6) is -0.883. The number of aromatic nitrogens is 2. The fraction of sp³-hybridized carbons (Fsp3) is 0.733. The lowest BCUT2D eigenvalue weighted by atomic mass is 9.87. The molecule has 0 aromatic carbocycles. The van der Waals surface area contributed by atoms with Crippen molar-refractivity contribution in [2.75, 3.05) is 13.2 Å². The molecule has 0 saturated carbocycles. The van der Waals surface area contributed by atoms with Crippen molar-refractivity contribution in [2.45, 2.75) is 51.2 Å². The molecule has 1 fully saturated rings. The summed E-state index contributed by atoms with van der Waals surface area (Å²) in [4.78, 5) is 11.7. The Hall–Kier alpha value is -1.40. The predicted octanol–water partition coefficient (Wildman–Crippen LogP) is 1.61. The van der Waals surface area contributed by atoms with Gasteiger partial charge in [0.25, 0.3) is 0 Å². The summed E-state index contributed by atoms with van der Waals surface area (Å²) in [6, 6.07) is -0.753. The molecule has 1 aliphatic rings. The first-order chi connectivity index (χ1) is 9.79. The number of carboxylic acid groups (broad SMARTS) is 1. The van der Waals surface area contributed by atoms with Gasteiger partial charge in [0.2, 0.25) is 0 Å². The van der Waals surface area contributed by atoms with E-state index in [1.54, 1.807) is 10.9 Å². The van der Waals surface area contributed by atoms with E-state index >= 15 is 0 Å². The molecule has 0 spiro atoms. The van der Waals surface area contributed by atoms with Crippen molar-refractivity contribution in [3.05, 3.63) is 17.5 Å². The number of hydrogen-bond acceptors (Lipinski definition) is 4. The third kappa shape index (κ3) is 3.83. The topological polar surface area (TPSA) is 76.4 Å². The molecule has 2 N–H and O–H groups in total. The Morgan fingerprint density at radius 3 is 2.86 bits per heavy atom. The first kappa shape index (κ1) is 16.0. The summed E-state index contributed by atoms with van der Waals surface area (Å²) in [6.07, 6.45) is 3.94. The minimum Gasteiger partial charge on any atom is -0.480 e. The van der Waals surface area contributed by atoms with E-state index in [-0.39, 0.29) is 11.5 Å². The predicted molar refractivity (Wildman–Crippen MR) is 79.3 cm³/mol. The van der Waals surface area contributed by atoms with Gasteiger partial charge in [-0.15, -0.1) is 0 Å². The largest absolute Gasteiger partial charge is 0.480 e. The molecular weight excluding hydrogens is 270 g/mol. The quantitative estimate of drug-likeness (QED) is 0.863. The summed E-state index contributed by atoms with van der Waals surface area (Å²) in [7, 11) is 1.82. The number of hydrogen-bond donors (Lipinski definition) is 2. The molecule has 21 heavy (non-hydrogen) atoms. The van der Waals surface area contributed by atoms with Crippen LogP contribution in [-0.4, -0.2) is 40.1 Å². The summed E-state index contributed by atoms with van der Waals surface area (Å²) in [6.45, 7) is 7.44. The molecule has 0 aliphatic carbocycles. The zero-order valence-corrected chi connectivity index (χ0v) is 13.2. The maximum absolute atomic E-state index is 11.7. The first-order valence-corrected chi connectivity index (χ1v) is 7.41. The molecule has 0 bridgehead atoms. The van der Waals surface area contributed by atoms with Crippen molar-refractivity contribution in [1.29, 1.82) is 0 Å². The molecule has 2 atom stereocenters. The lowest BCUT2D eigenvalue weighted by Crippen LogP contribution is -2.35. The molecule has 1 aromatic rings. The maximum Gasteiger partial charge on any atom is 0.325 e. The van der Waals surface area contributed by atoms with Gasteiger partial charge >= 0.3 is 5.97 Å². The fourth-order valence-corrected chi connectivity index (χ4v) is 2.69. The van der Waals surface area contributed by atoms with Crippen LogP contribution in [0.25, 0.3) is 0 Å². The summed E-state index contributed by atoms with van der Waals surface area (Å²) in [5, 5.41) is 17.1. The molecule has 6 heteroatoms. The highest BCUT2D eigenvalue weighted by atomic mass is 16.5. The van der Waals surface area contributed by atoms with Crippen molar-refractivity contribution in [2.24, 2.45) is 7.05 Å². The van der Waals surface area contributed by atoms with E-state index in [0.717, 1.165) is 30.7 Å². The average molecular weight is 295 g/mol. The molecule has 118 valence electrons. The first-order valence-electron chi connectivity index (χ1n) is 7.41. The number of rotatable bonds is 5. The van der Waals surface area contributed by atoms with Crippen molar-refractivity contribution in [3.8, 4) is 0 Å². The van der Waals surface area contributed by atoms with E-state index in [0.29, 0.717) is 6.54 Å². The van der Waals surface area contributed by atoms with Gasteiger partial charge in [0, 0.05) is 37.4 Å². The number of carbonyl (C=O) groups is 1. The Labute approximate surface area is 125 Å². The van der Waals surface area contributed by atoms with Crippen molar-refractivity contribution >= 4 is 5.97 Å². The highest BCUT2D eigenvalue weighted by molar-refractivity contribution is 5.76. The second-order valence-corrected chi connectivity index (χ2v) is 6.67. The number of carboxylic acids is 1. The van der Waals surface area contributed by atoms with Gasteiger partial charge in [0.1, 0.15) is 6.04 Å². The van der Waals surface area contributed by atoms with Crippen LogP contribution < -0.4 is 5.32 Å². The third-order valence-electron chi connectivity index (χ3n) is 3.70. The van der Waals surface area contributed by atoms with Gasteiger partial charge in [0.05, 0.1) is 11.8 Å². The van der Waals surface area contributed by atoms with Crippen LogP contribution in [-0.2, 0) is 22.0 Å². The van der Waals surface area contributed by atoms with Crippen LogP contribution in [0, 0.1) is 0 Å². The standard InChI is InChI=1S/C15H25N3O3/c1-15(2,3)13-11(9-18(4)17-13)12(14(19)20)16-8-10-6-5-7-21-10/h9-10,12,16H,5-8H2,1-4H3,(H,19,20). The van der Waals surface area contributed by atoms with E-state index in [1.165, 1.54) is 0 Å². The van der Waals surface area contributed by atoms with Crippen LogP contribution in [0.4, 0.5) is 0 Å². The molecule has 6 nitrogen and oxygen atoms in total. The Morgan fingerprint density at radius 2 is 2.33 bits per heavy atom. The zero-order valence-electron chi connectivity index (χ0n) is 13.2. The van der Waals surface area contributed by atoms with Gasteiger partial charge < -0.3 is 9.84 Å². The molecule has 2 unspecified atom stereocenters. The van der Waals surface area contributed by atoms with Crippen LogP contribution in [0.3, 0.4) is 0 Å². The Morgan fingerprint density at radius 1 is 1.62 bits per heavy atom. The Balaban J connectivity index is 2.19. The van der Waals surface area contributed by atoms with Gasteiger partial charge in [0.15, 0.2) is 0 Å². The monoisotopic (exact) mass is 295 g/mol. The number of nitrogens with one attached hydrogen (secondary N) is 1. The van der Waals surface area contributed by atoms with Gasteiger partial charge in [-0.05, 0) is 12.8 Å². The molecule has 2 heterocycles.